The van der Waals surface area contributed by atoms with Gasteiger partial charge in [0.25, 0.3) is 0 Å². The zero-order valence-corrected chi connectivity index (χ0v) is 15.1. The summed E-state index contributed by atoms with van der Waals surface area (Å²) in [4.78, 5) is 0. The maximum atomic E-state index is 9.81. The molecule has 0 saturated carbocycles. The summed E-state index contributed by atoms with van der Waals surface area (Å²) >= 11 is 0. The minimum absolute atomic E-state index is 0.101. The number of ether oxygens (including phenoxy) is 1. The van der Waals surface area contributed by atoms with Gasteiger partial charge in [-0.3, -0.25) is 0 Å². The second kappa shape index (κ2) is 8.32. The van der Waals surface area contributed by atoms with Crippen LogP contribution in [0.3, 0.4) is 0 Å². The molecule has 0 aliphatic rings. The SMILES string of the molecule is COc1ccc([C@H](C)CN[C@H](c2ccccc2)C(C)(C)CO)cc1. The van der Waals surface area contributed by atoms with Crippen LogP contribution < -0.4 is 10.1 Å². The van der Waals surface area contributed by atoms with E-state index in [0.29, 0.717) is 5.92 Å². The first-order valence-corrected chi connectivity index (χ1v) is 8.51. The Hall–Kier alpha value is -1.84. The third kappa shape index (κ3) is 4.59. The van der Waals surface area contributed by atoms with E-state index in [9.17, 15) is 5.11 Å². The molecule has 2 atom stereocenters. The van der Waals surface area contributed by atoms with E-state index in [1.165, 1.54) is 11.1 Å². The van der Waals surface area contributed by atoms with Crippen molar-refractivity contribution in [1.29, 1.82) is 0 Å². The van der Waals surface area contributed by atoms with Gasteiger partial charge in [0.05, 0.1) is 7.11 Å². The van der Waals surface area contributed by atoms with Gasteiger partial charge in [0.15, 0.2) is 0 Å². The number of hydrogen-bond acceptors (Lipinski definition) is 3. The molecule has 0 bridgehead atoms. The lowest BCUT2D eigenvalue weighted by atomic mass is 9.81. The summed E-state index contributed by atoms with van der Waals surface area (Å²) in [6.45, 7) is 7.38. The van der Waals surface area contributed by atoms with Crippen molar-refractivity contribution in [2.75, 3.05) is 20.3 Å². The molecule has 0 heterocycles. The molecule has 3 nitrogen and oxygen atoms in total. The van der Waals surface area contributed by atoms with Crippen molar-refractivity contribution in [2.24, 2.45) is 5.41 Å². The normalized spacial score (nSPS) is 14.2. The molecule has 2 rings (SSSR count). The van der Waals surface area contributed by atoms with Crippen molar-refractivity contribution in [1.82, 2.24) is 5.32 Å². The number of methoxy groups -OCH3 is 1. The summed E-state index contributed by atoms with van der Waals surface area (Å²) in [5.41, 5.74) is 2.25. The van der Waals surface area contributed by atoms with Crippen molar-refractivity contribution in [2.45, 2.75) is 32.7 Å². The lowest BCUT2D eigenvalue weighted by Crippen LogP contribution is -2.38. The van der Waals surface area contributed by atoms with Crippen LogP contribution >= 0.6 is 0 Å². The number of aliphatic hydroxyl groups is 1. The topological polar surface area (TPSA) is 41.5 Å². The number of aliphatic hydroxyl groups excluding tert-OH is 1. The van der Waals surface area contributed by atoms with Crippen LogP contribution in [0.25, 0.3) is 0 Å². The zero-order valence-electron chi connectivity index (χ0n) is 15.1. The summed E-state index contributed by atoms with van der Waals surface area (Å²) in [5, 5.41) is 13.5. The molecular formula is C21H29NO2. The Morgan fingerprint density at radius 3 is 2.17 bits per heavy atom. The fourth-order valence-corrected chi connectivity index (χ4v) is 2.93. The largest absolute Gasteiger partial charge is 0.497 e. The maximum absolute atomic E-state index is 9.81. The Morgan fingerprint density at radius 1 is 1.00 bits per heavy atom. The average Bonchev–Trinajstić information content (AvgIpc) is 2.62. The first-order chi connectivity index (χ1) is 11.5. The first kappa shape index (κ1) is 18.5. The van der Waals surface area contributed by atoms with Crippen molar-refractivity contribution in [3.8, 4) is 5.75 Å². The Morgan fingerprint density at radius 2 is 1.62 bits per heavy atom. The van der Waals surface area contributed by atoms with Gasteiger partial charge in [-0.1, -0.05) is 63.2 Å². The van der Waals surface area contributed by atoms with Crippen molar-refractivity contribution in [3.63, 3.8) is 0 Å². The lowest BCUT2D eigenvalue weighted by Gasteiger charge is -2.35. The summed E-state index contributed by atoms with van der Waals surface area (Å²) in [6, 6.07) is 18.7. The second-order valence-electron chi connectivity index (χ2n) is 7.07. The first-order valence-electron chi connectivity index (χ1n) is 8.51. The van der Waals surface area contributed by atoms with Crippen LogP contribution in [0.1, 0.15) is 43.9 Å². The summed E-state index contributed by atoms with van der Waals surface area (Å²) in [5.74, 6) is 1.25. The van der Waals surface area contributed by atoms with Gasteiger partial charge in [-0.05, 0) is 29.2 Å². The molecule has 0 aliphatic carbocycles. The fraction of sp³-hybridized carbons (Fsp3) is 0.429. The Labute approximate surface area is 145 Å². The molecule has 0 amide bonds. The third-order valence-corrected chi connectivity index (χ3v) is 4.63. The van der Waals surface area contributed by atoms with Gasteiger partial charge in [0.1, 0.15) is 5.75 Å². The average molecular weight is 327 g/mol. The highest BCUT2D eigenvalue weighted by Gasteiger charge is 2.30. The molecule has 0 aliphatic heterocycles. The summed E-state index contributed by atoms with van der Waals surface area (Å²) in [6.07, 6.45) is 0. The van der Waals surface area contributed by atoms with E-state index in [1.807, 2.05) is 30.3 Å². The molecule has 130 valence electrons. The molecule has 3 heteroatoms. The molecule has 24 heavy (non-hydrogen) atoms. The summed E-state index contributed by atoms with van der Waals surface area (Å²) in [7, 11) is 1.68. The van der Waals surface area contributed by atoms with Crippen LogP contribution in [0.15, 0.2) is 54.6 Å². The lowest BCUT2D eigenvalue weighted by molar-refractivity contribution is 0.115. The van der Waals surface area contributed by atoms with E-state index in [0.717, 1.165) is 12.3 Å². The minimum Gasteiger partial charge on any atom is -0.497 e. The number of benzene rings is 2. The molecule has 0 saturated heterocycles. The summed E-state index contributed by atoms with van der Waals surface area (Å²) < 4.78 is 5.22. The maximum Gasteiger partial charge on any atom is 0.118 e. The minimum atomic E-state index is -0.235. The predicted octanol–water partition coefficient (Wildman–Crippen LogP) is 4.15. The highest BCUT2D eigenvalue weighted by molar-refractivity contribution is 5.29. The molecule has 0 unspecified atom stereocenters. The predicted molar refractivity (Wildman–Crippen MR) is 99.5 cm³/mol. The molecule has 0 fully saturated rings. The van der Waals surface area contributed by atoms with Gasteiger partial charge in [-0.2, -0.15) is 0 Å². The van der Waals surface area contributed by atoms with Crippen molar-refractivity contribution in [3.05, 3.63) is 65.7 Å². The monoisotopic (exact) mass is 327 g/mol. The number of hydrogen-bond donors (Lipinski definition) is 2. The Bertz CT molecular complexity index is 607. The van der Waals surface area contributed by atoms with Crippen LogP contribution in [0.2, 0.25) is 0 Å². The molecule has 2 aromatic rings. The molecule has 2 N–H and O–H groups in total. The van der Waals surface area contributed by atoms with E-state index in [4.69, 9.17) is 4.74 Å². The molecule has 0 aromatic heterocycles. The van der Waals surface area contributed by atoms with Crippen LogP contribution in [-0.4, -0.2) is 25.4 Å². The van der Waals surface area contributed by atoms with Crippen LogP contribution in [0, 0.1) is 5.41 Å². The molecule has 0 radical (unpaired) electrons. The van der Waals surface area contributed by atoms with E-state index in [-0.39, 0.29) is 18.1 Å². The second-order valence-corrected chi connectivity index (χ2v) is 7.07. The van der Waals surface area contributed by atoms with Crippen molar-refractivity contribution < 1.29 is 9.84 Å². The van der Waals surface area contributed by atoms with Crippen molar-refractivity contribution >= 4 is 0 Å². The van der Waals surface area contributed by atoms with Crippen LogP contribution in [-0.2, 0) is 0 Å². The van der Waals surface area contributed by atoms with E-state index in [2.05, 4.69) is 50.4 Å². The van der Waals surface area contributed by atoms with Crippen LogP contribution in [0.4, 0.5) is 0 Å². The molecular weight excluding hydrogens is 298 g/mol. The number of nitrogens with one attached hydrogen (secondary N) is 1. The van der Waals surface area contributed by atoms with E-state index < -0.39 is 0 Å². The van der Waals surface area contributed by atoms with Crippen LogP contribution in [0.5, 0.6) is 5.75 Å². The van der Waals surface area contributed by atoms with Gasteiger partial charge in [-0.25, -0.2) is 0 Å². The number of rotatable bonds is 8. The van der Waals surface area contributed by atoms with Gasteiger partial charge < -0.3 is 15.2 Å². The molecule has 2 aromatic carbocycles. The standard InChI is InChI=1S/C21H29NO2/c1-16(17-10-12-19(24-4)13-11-17)14-22-20(21(2,3)15-23)18-8-6-5-7-9-18/h5-13,16,20,22-23H,14-15H2,1-4H3/t16-,20-/m1/s1. The quantitative estimate of drug-likeness (QED) is 0.765. The van der Waals surface area contributed by atoms with Gasteiger partial charge >= 0.3 is 0 Å². The van der Waals surface area contributed by atoms with Gasteiger partial charge in [-0.15, -0.1) is 0 Å². The fourth-order valence-electron chi connectivity index (χ4n) is 2.93. The Kier molecular flexibility index (Phi) is 6.41. The van der Waals surface area contributed by atoms with Gasteiger partial charge in [0.2, 0.25) is 0 Å². The van der Waals surface area contributed by atoms with Gasteiger partial charge in [0, 0.05) is 24.6 Å². The highest BCUT2D eigenvalue weighted by atomic mass is 16.5. The van der Waals surface area contributed by atoms with E-state index >= 15 is 0 Å². The highest BCUT2D eigenvalue weighted by Crippen LogP contribution is 2.33. The molecule has 0 spiro atoms. The van der Waals surface area contributed by atoms with E-state index in [1.54, 1.807) is 7.11 Å². The zero-order chi connectivity index (χ0) is 17.6. The third-order valence-electron chi connectivity index (χ3n) is 4.63. The Balaban J connectivity index is 2.09. The smallest absolute Gasteiger partial charge is 0.118 e.